The lowest BCUT2D eigenvalue weighted by molar-refractivity contribution is -0.124. The molecule has 11 nitrogen and oxygen atoms in total. The Morgan fingerprint density at radius 1 is 1.16 bits per heavy atom. The van der Waals surface area contributed by atoms with Crippen LogP contribution in [-0.4, -0.2) is 46.7 Å². The van der Waals surface area contributed by atoms with Crippen LogP contribution in [-0.2, 0) is 24.2 Å². The second kappa shape index (κ2) is 14.4. The van der Waals surface area contributed by atoms with Crippen LogP contribution in [0.5, 0.6) is 11.5 Å². The van der Waals surface area contributed by atoms with Gasteiger partial charge >= 0.3 is 0 Å². The van der Waals surface area contributed by atoms with Gasteiger partial charge < -0.3 is 31.3 Å². The number of hydrogen-bond acceptors (Lipinski definition) is 8. The summed E-state index contributed by atoms with van der Waals surface area (Å²) in [7, 11) is 3.19. The number of rotatable bonds is 9. The van der Waals surface area contributed by atoms with Gasteiger partial charge in [-0.1, -0.05) is 12.1 Å². The summed E-state index contributed by atoms with van der Waals surface area (Å²) in [4.78, 5) is 34.7. The molecule has 4 rings (SSSR count). The number of carbonyl (C=O) groups is 1. The fourth-order valence-corrected chi connectivity index (χ4v) is 4.27. The highest BCUT2D eigenvalue weighted by Crippen LogP contribution is 2.28. The maximum absolute atomic E-state index is 13.2. The predicted molar refractivity (Wildman–Crippen MR) is 151 cm³/mol. The van der Waals surface area contributed by atoms with Crippen molar-refractivity contribution >= 4 is 42.4 Å². The number of hydrogen-bond donors (Lipinski definition) is 3. The van der Waals surface area contributed by atoms with Crippen LogP contribution in [0.1, 0.15) is 35.0 Å². The van der Waals surface area contributed by atoms with E-state index >= 15 is 0 Å². The lowest BCUT2D eigenvalue weighted by Crippen LogP contribution is -2.36. The fourth-order valence-electron chi connectivity index (χ4n) is 4.27. The molecule has 2 aromatic heterocycles. The van der Waals surface area contributed by atoms with Crippen LogP contribution in [0, 0.1) is 6.92 Å². The number of halogens is 2. The van der Waals surface area contributed by atoms with Gasteiger partial charge in [0.2, 0.25) is 5.91 Å². The number of anilines is 2. The summed E-state index contributed by atoms with van der Waals surface area (Å²) < 4.78 is 12.2. The van der Waals surface area contributed by atoms with Crippen LogP contribution in [0.15, 0.2) is 41.3 Å². The van der Waals surface area contributed by atoms with Crippen molar-refractivity contribution in [3.05, 3.63) is 69.4 Å². The number of pyridine rings is 1. The van der Waals surface area contributed by atoms with Crippen LogP contribution < -0.4 is 31.4 Å². The summed E-state index contributed by atoms with van der Waals surface area (Å²) in [6.07, 6.45) is 3.50. The summed E-state index contributed by atoms with van der Waals surface area (Å²) in [6.45, 7) is 2.66. The number of aryl methyl sites for hydroxylation is 2. The molecule has 0 saturated carbocycles. The molecule has 13 heteroatoms. The number of aromatic nitrogens is 3. The minimum Gasteiger partial charge on any atom is -0.493 e. The molecule has 1 aliphatic heterocycles. The van der Waals surface area contributed by atoms with Crippen molar-refractivity contribution in [1.82, 2.24) is 19.9 Å². The molecule has 3 heterocycles. The second-order valence-corrected chi connectivity index (χ2v) is 8.39. The molecule has 6 N–H and O–H groups in total. The first-order chi connectivity index (χ1) is 16.9. The first-order valence-electron chi connectivity index (χ1n) is 11.5. The summed E-state index contributed by atoms with van der Waals surface area (Å²) in [6, 6.07) is 8.68. The highest BCUT2D eigenvalue weighted by molar-refractivity contribution is 5.85. The van der Waals surface area contributed by atoms with Gasteiger partial charge in [0.05, 0.1) is 14.2 Å². The zero-order valence-electron chi connectivity index (χ0n) is 21.4. The quantitative estimate of drug-likeness (QED) is 0.352. The van der Waals surface area contributed by atoms with Gasteiger partial charge in [0.15, 0.2) is 17.3 Å². The first kappa shape index (κ1) is 32.5. The SMILES string of the molecule is COc1ccc(CCNc2ncc3n(c2=O)[C@H](C(=O)NCc2ccc(N)nc2C)CC3)cc1OC.Cl.Cl.O. The Hall–Kier alpha value is -3.54. The molecular formula is C25H34Cl2N6O5. The van der Waals surface area contributed by atoms with E-state index in [4.69, 9.17) is 15.2 Å². The average molecular weight is 569 g/mol. The zero-order chi connectivity index (χ0) is 24.9. The number of benzene rings is 1. The molecule has 1 aliphatic rings. The van der Waals surface area contributed by atoms with Crippen molar-refractivity contribution in [2.75, 3.05) is 31.8 Å². The number of nitrogen functional groups attached to an aromatic ring is 1. The molecule has 0 fully saturated rings. The largest absolute Gasteiger partial charge is 0.493 e. The maximum atomic E-state index is 13.2. The van der Waals surface area contributed by atoms with Gasteiger partial charge in [0.1, 0.15) is 11.9 Å². The van der Waals surface area contributed by atoms with Gasteiger partial charge in [0, 0.05) is 30.7 Å². The number of fused-ring (bicyclic) bond motifs is 1. The Morgan fingerprint density at radius 3 is 2.58 bits per heavy atom. The van der Waals surface area contributed by atoms with Gasteiger partial charge in [-0.2, -0.15) is 0 Å². The van der Waals surface area contributed by atoms with Gasteiger partial charge in [-0.05, 0) is 55.5 Å². The molecule has 0 spiro atoms. The van der Waals surface area contributed by atoms with E-state index in [2.05, 4.69) is 20.6 Å². The standard InChI is InChI=1S/C25H30N6O4.2ClH.H2O/c1-15-17(5-9-22(26)30-15)13-29-24(32)19-7-6-18-14-28-23(25(33)31(18)19)27-11-10-16-4-8-20(34-2)21(12-16)35-3;;;/h4-5,8-9,12,14,19H,6-7,10-11,13H2,1-3H3,(H2,26,30)(H,27,28)(H,29,32);2*1H;1H2/t19-;;;/m0.../s1. The Labute approximate surface area is 233 Å². The second-order valence-electron chi connectivity index (χ2n) is 8.39. The van der Waals surface area contributed by atoms with Crippen LogP contribution in [0.3, 0.4) is 0 Å². The summed E-state index contributed by atoms with van der Waals surface area (Å²) >= 11 is 0. The summed E-state index contributed by atoms with van der Waals surface area (Å²) in [5, 5.41) is 6.05. The third kappa shape index (κ3) is 7.06. The third-order valence-corrected chi connectivity index (χ3v) is 6.19. The van der Waals surface area contributed by atoms with E-state index in [9.17, 15) is 9.59 Å². The van der Waals surface area contributed by atoms with Crippen molar-refractivity contribution in [2.45, 2.75) is 38.8 Å². The first-order valence-corrected chi connectivity index (χ1v) is 11.5. The smallest absolute Gasteiger partial charge is 0.294 e. The van der Waals surface area contributed by atoms with Crippen molar-refractivity contribution in [2.24, 2.45) is 0 Å². The molecule has 38 heavy (non-hydrogen) atoms. The molecular weight excluding hydrogens is 535 g/mol. The Balaban J connectivity index is 0.00000241. The van der Waals surface area contributed by atoms with Gasteiger partial charge in [0.25, 0.3) is 5.56 Å². The number of ether oxygens (including phenoxy) is 2. The fraction of sp³-hybridized carbons (Fsp3) is 0.360. The molecule has 1 aromatic carbocycles. The van der Waals surface area contributed by atoms with E-state index in [0.29, 0.717) is 49.7 Å². The van der Waals surface area contributed by atoms with E-state index in [1.807, 2.05) is 31.2 Å². The molecule has 1 amide bonds. The zero-order valence-corrected chi connectivity index (χ0v) is 23.1. The van der Waals surface area contributed by atoms with Crippen LogP contribution in [0.25, 0.3) is 0 Å². The number of nitrogens with one attached hydrogen (secondary N) is 2. The van der Waals surface area contributed by atoms with Gasteiger partial charge in [-0.3, -0.25) is 14.2 Å². The minimum absolute atomic E-state index is 0. The number of methoxy groups -OCH3 is 2. The Morgan fingerprint density at radius 2 is 1.89 bits per heavy atom. The number of carbonyl (C=O) groups excluding carboxylic acids is 1. The molecule has 0 bridgehead atoms. The third-order valence-electron chi connectivity index (χ3n) is 6.19. The van der Waals surface area contributed by atoms with E-state index in [1.54, 1.807) is 31.0 Å². The molecule has 0 aliphatic carbocycles. The molecule has 0 radical (unpaired) electrons. The van der Waals surface area contributed by atoms with Gasteiger partial charge in [-0.25, -0.2) is 9.97 Å². The van der Waals surface area contributed by atoms with Crippen molar-refractivity contribution in [3.8, 4) is 11.5 Å². The lowest BCUT2D eigenvalue weighted by Gasteiger charge is -2.16. The maximum Gasteiger partial charge on any atom is 0.294 e. The Bertz CT molecular complexity index is 1300. The van der Waals surface area contributed by atoms with Crippen LogP contribution in [0.4, 0.5) is 11.6 Å². The highest BCUT2D eigenvalue weighted by atomic mass is 35.5. The molecule has 0 saturated heterocycles. The highest BCUT2D eigenvalue weighted by Gasteiger charge is 2.30. The monoisotopic (exact) mass is 568 g/mol. The molecule has 1 atom stereocenters. The van der Waals surface area contributed by atoms with Crippen LogP contribution in [0.2, 0.25) is 0 Å². The van der Waals surface area contributed by atoms with Gasteiger partial charge in [-0.15, -0.1) is 24.8 Å². The lowest BCUT2D eigenvalue weighted by atomic mass is 10.1. The van der Waals surface area contributed by atoms with Crippen molar-refractivity contribution in [1.29, 1.82) is 0 Å². The van der Waals surface area contributed by atoms with E-state index < -0.39 is 6.04 Å². The summed E-state index contributed by atoms with van der Waals surface area (Å²) in [5.41, 5.74) is 8.83. The van der Waals surface area contributed by atoms with E-state index in [1.165, 1.54) is 0 Å². The van der Waals surface area contributed by atoms with Crippen molar-refractivity contribution in [3.63, 3.8) is 0 Å². The van der Waals surface area contributed by atoms with E-state index in [0.717, 1.165) is 22.5 Å². The van der Waals surface area contributed by atoms with Crippen LogP contribution >= 0.6 is 24.8 Å². The molecule has 3 aromatic rings. The van der Waals surface area contributed by atoms with E-state index in [-0.39, 0.29) is 47.6 Å². The normalized spacial score (nSPS) is 13.2. The number of nitrogens with two attached hydrogens (primary N) is 1. The summed E-state index contributed by atoms with van der Waals surface area (Å²) in [5.74, 6) is 1.78. The predicted octanol–water partition coefficient (Wildman–Crippen LogP) is 2.02. The average Bonchev–Trinajstić information content (AvgIpc) is 3.29. The number of nitrogens with zero attached hydrogens (tertiary/aromatic N) is 3. The Kier molecular flexibility index (Phi) is 12.3. The molecule has 208 valence electrons. The molecule has 0 unspecified atom stereocenters. The number of amides is 1. The minimum atomic E-state index is -0.575. The van der Waals surface area contributed by atoms with Crippen molar-refractivity contribution < 1.29 is 19.7 Å². The topological polar surface area (TPSA) is 165 Å².